The summed E-state index contributed by atoms with van der Waals surface area (Å²) < 4.78 is 5.73. The topological polar surface area (TPSA) is 111 Å². The molecule has 2 rings (SSSR count). The maximum atomic E-state index is 12.0. The Kier molecular flexibility index (Phi) is 7.40. The van der Waals surface area contributed by atoms with Crippen LogP contribution in [0.4, 0.5) is 5.69 Å². The summed E-state index contributed by atoms with van der Waals surface area (Å²) in [5.41, 5.74) is 2.56. The van der Waals surface area contributed by atoms with Gasteiger partial charge in [0.15, 0.2) is 6.04 Å². The Morgan fingerprint density at radius 2 is 1.93 bits per heavy atom. The van der Waals surface area contributed by atoms with E-state index in [0.717, 1.165) is 12.0 Å². The predicted octanol–water partition coefficient (Wildman–Crippen LogP) is 2.87. The summed E-state index contributed by atoms with van der Waals surface area (Å²) in [5.74, 6) is -0.767. The van der Waals surface area contributed by atoms with Crippen molar-refractivity contribution in [2.24, 2.45) is 0 Å². The lowest BCUT2D eigenvalue weighted by molar-refractivity contribution is -0.138. The van der Waals surface area contributed by atoms with Crippen molar-refractivity contribution < 1.29 is 19.4 Å². The number of nitrogens with one attached hydrogen (secondary N) is 2. The van der Waals surface area contributed by atoms with Gasteiger partial charge in [-0.15, -0.1) is 0 Å². The number of aryl methyl sites for hydroxylation is 1. The van der Waals surface area contributed by atoms with Crippen LogP contribution in [0, 0.1) is 11.3 Å². The molecule has 0 fully saturated rings. The highest BCUT2D eigenvalue weighted by atomic mass is 16.5. The SMILES string of the molecule is CCc1ccc(OCCNC(C)=O)c(C(Nc2ccc(C#N)cc2)C(=O)O)c1. The summed E-state index contributed by atoms with van der Waals surface area (Å²) in [6, 6.07) is 13.0. The fourth-order valence-corrected chi connectivity index (χ4v) is 2.64. The maximum Gasteiger partial charge on any atom is 0.330 e. The van der Waals surface area contributed by atoms with Crippen molar-refractivity contribution in [1.82, 2.24) is 5.32 Å². The largest absolute Gasteiger partial charge is 0.491 e. The molecule has 0 heterocycles. The Hall–Kier alpha value is -3.53. The number of ether oxygens (including phenoxy) is 1. The molecular weight excluding hydrogens is 358 g/mol. The number of hydrogen-bond donors (Lipinski definition) is 3. The van der Waals surface area contributed by atoms with Gasteiger partial charge in [-0.3, -0.25) is 4.79 Å². The van der Waals surface area contributed by atoms with E-state index in [1.165, 1.54) is 6.92 Å². The molecule has 2 aromatic rings. The van der Waals surface area contributed by atoms with E-state index in [0.29, 0.717) is 29.1 Å². The Labute approximate surface area is 163 Å². The van der Waals surface area contributed by atoms with Gasteiger partial charge in [0, 0.05) is 18.2 Å². The van der Waals surface area contributed by atoms with Crippen molar-refractivity contribution in [3.05, 3.63) is 59.2 Å². The minimum atomic E-state index is -1.05. The minimum absolute atomic E-state index is 0.156. The molecule has 1 amide bonds. The Balaban J connectivity index is 2.28. The van der Waals surface area contributed by atoms with E-state index in [9.17, 15) is 14.7 Å². The van der Waals surface area contributed by atoms with Gasteiger partial charge in [0.2, 0.25) is 5.91 Å². The zero-order valence-electron chi connectivity index (χ0n) is 15.9. The molecule has 0 radical (unpaired) electrons. The third kappa shape index (κ3) is 5.74. The molecule has 1 atom stereocenters. The van der Waals surface area contributed by atoms with Gasteiger partial charge < -0.3 is 20.5 Å². The number of carbonyl (C=O) groups excluding carboxylic acids is 1. The number of benzene rings is 2. The highest BCUT2D eigenvalue weighted by molar-refractivity contribution is 5.80. The number of anilines is 1. The number of nitrogens with zero attached hydrogens (tertiary/aromatic N) is 1. The smallest absolute Gasteiger partial charge is 0.330 e. The van der Waals surface area contributed by atoms with Crippen molar-refractivity contribution in [3.8, 4) is 11.8 Å². The Morgan fingerprint density at radius 1 is 1.21 bits per heavy atom. The average molecular weight is 381 g/mol. The van der Waals surface area contributed by atoms with E-state index in [1.807, 2.05) is 25.1 Å². The zero-order valence-corrected chi connectivity index (χ0v) is 15.9. The molecule has 0 aromatic heterocycles. The first-order valence-electron chi connectivity index (χ1n) is 8.94. The molecule has 0 aliphatic rings. The lowest BCUT2D eigenvalue weighted by Crippen LogP contribution is -2.26. The van der Waals surface area contributed by atoms with Crippen LogP contribution in [0.2, 0.25) is 0 Å². The number of amides is 1. The van der Waals surface area contributed by atoms with E-state index < -0.39 is 12.0 Å². The molecule has 146 valence electrons. The number of aliphatic carboxylic acids is 1. The lowest BCUT2D eigenvalue weighted by atomic mass is 10.0. The van der Waals surface area contributed by atoms with Crippen molar-refractivity contribution in [2.45, 2.75) is 26.3 Å². The van der Waals surface area contributed by atoms with Gasteiger partial charge in [0.25, 0.3) is 0 Å². The molecule has 0 saturated carbocycles. The van der Waals surface area contributed by atoms with Crippen LogP contribution < -0.4 is 15.4 Å². The molecule has 0 saturated heterocycles. The highest BCUT2D eigenvalue weighted by Gasteiger charge is 2.24. The highest BCUT2D eigenvalue weighted by Crippen LogP contribution is 2.30. The van der Waals surface area contributed by atoms with Gasteiger partial charge >= 0.3 is 5.97 Å². The van der Waals surface area contributed by atoms with Gasteiger partial charge in [0.05, 0.1) is 18.2 Å². The molecule has 2 aromatic carbocycles. The van der Waals surface area contributed by atoms with E-state index in [-0.39, 0.29) is 12.5 Å². The number of carbonyl (C=O) groups is 2. The van der Waals surface area contributed by atoms with Crippen molar-refractivity contribution in [1.29, 1.82) is 5.26 Å². The Bertz CT molecular complexity index is 872. The summed E-state index contributed by atoms with van der Waals surface area (Å²) in [7, 11) is 0. The average Bonchev–Trinajstić information content (AvgIpc) is 2.69. The molecule has 3 N–H and O–H groups in total. The third-order valence-electron chi connectivity index (χ3n) is 4.10. The molecular formula is C21H23N3O4. The van der Waals surface area contributed by atoms with E-state index in [2.05, 4.69) is 10.6 Å². The fourth-order valence-electron chi connectivity index (χ4n) is 2.64. The van der Waals surface area contributed by atoms with E-state index >= 15 is 0 Å². The molecule has 0 spiro atoms. The molecule has 0 aliphatic carbocycles. The predicted molar refractivity (Wildman–Crippen MR) is 105 cm³/mol. The van der Waals surface area contributed by atoms with Crippen LogP contribution in [0.1, 0.15) is 36.6 Å². The van der Waals surface area contributed by atoms with Crippen LogP contribution in [0.15, 0.2) is 42.5 Å². The normalized spacial score (nSPS) is 11.2. The first-order valence-corrected chi connectivity index (χ1v) is 8.94. The number of nitriles is 1. The molecule has 0 aliphatic heterocycles. The van der Waals surface area contributed by atoms with Crippen molar-refractivity contribution in [3.63, 3.8) is 0 Å². The summed E-state index contributed by atoms with van der Waals surface area (Å²) >= 11 is 0. The van der Waals surface area contributed by atoms with Crippen molar-refractivity contribution in [2.75, 3.05) is 18.5 Å². The minimum Gasteiger partial charge on any atom is -0.491 e. The van der Waals surface area contributed by atoms with E-state index in [4.69, 9.17) is 10.00 Å². The second-order valence-corrected chi connectivity index (χ2v) is 6.16. The summed E-state index contributed by atoms with van der Waals surface area (Å²) in [6.07, 6.45) is 0.752. The molecule has 7 heteroatoms. The summed E-state index contributed by atoms with van der Waals surface area (Å²) in [4.78, 5) is 22.9. The lowest BCUT2D eigenvalue weighted by Gasteiger charge is -2.20. The first-order chi connectivity index (χ1) is 13.4. The quantitative estimate of drug-likeness (QED) is 0.576. The van der Waals surface area contributed by atoms with Crippen LogP contribution in [0.3, 0.4) is 0 Å². The molecule has 7 nitrogen and oxygen atoms in total. The maximum absolute atomic E-state index is 12.0. The number of rotatable bonds is 9. The standard InChI is InChI=1S/C21H23N3O4/c1-3-15-6-9-19(28-11-10-23-14(2)25)18(12-15)20(21(26)27)24-17-7-4-16(13-22)5-8-17/h4-9,12,20,24H,3,10-11H2,1-2H3,(H,23,25)(H,26,27). The van der Waals surface area contributed by atoms with Gasteiger partial charge in [-0.1, -0.05) is 13.0 Å². The van der Waals surface area contributed by atoms with Crippen LogP contribution in [0.25, 0.3) is 0 Å². The van der Waals surface area contributed by atoms with Gasteiger partial charge in [-0.05, 0) is 48.4 Å². The van der Waals surface area contributed by atoms with Gasteiger partial charge in [0.1, 0.15) is 12.4 Å². The number of carboxylic acids is 1. The monoisotopic (exact) mass is 381 g/mol. The Morgan fingerprint density at radius 3 is 2.50 bits per heavy atom. The second kappa shape index (κ2) is 9.97. The summed E-state index contributed by atoms with van der Waals surface area (Å²) in [5, 5.41) is 24.3. The molecule has 1 unspecified atom stereocenters. The van der Waals surface area contributed by atoms with Gasteiger partial charge in [-0.25, -0.2) is 4.79 Å². The first kappa shape index (κ1) is 20.8. The van der Waals surface area contributed by atoms with Crippen LogP contribution >= 0.6 is 0 Å². The second-order valence-electron chi connectivity index (χ2n) is 6.16. The van der Waals surface area contributed by atoms with Crippen LogP contribution in [-0.2, 0) is 16.0 Å². The van der Waals surface area contributed by atoms with Gasteiger partial charge in [-0.2, -0.15) is 5.26 Å². The zero-order chi connectivity index (χ0) is 20.5. The number of hydrogen-bond acceptors (Lipinski definition) is 5. The molecule has 0 bridgehead atoms. The van der Waals surface area contributed by atoms with Crippen LogP contribution in [-0.4, -0.2) is 30.1 Å². The fraction of sp³-hybridized carbons (Fsp3) is 0.286. The third-order valence-corrected chi connectivity index (χ3v) is 4.10. The summed E-state index contributed by atoms with van der Waals surface area (Å²) in [6.45, 7) is 3.95. The molecule has 28 heavy (non-hydrogen) atoms. The number of carboxylic acid groups (broad SMARTS) is 1. The van der Waals surface area contributed by atoms with Crippen molar-refractivity contribution >= 4 is 17.6 Å². The van der Waals surface area contributed by atoms with Crippen LogP contribution in [0.5, 0.6) is 5.75 Å². The van der Waals surface area contributed by atoms with E-state index in [1.54, 1.807) is 30.3 Å².